The summed E-state index contributed by atoms with van der Waals surface area (Å²) in [6, 6.07) is 13.9. The van der Waals surface area contributed by atoms with Crippen LogP contribution in [0.5, 0.6) is 0 Å². The van der Waals surface area contributed by atoms with Gasteiger partial charge in [-0.15, -0.1) is 0 Å². The Morgan fingerprint density at radius 1 is 0.850 bits per heavy atom. The van der Waals surface area contributed by atoms with E-state index in [1.165, 1.54) is 53.2 Å². The van der Waals surface area contributed by atoms with Crippen molar-refractivity contribution >= 4 is 29.2 Å². The molecule has 0 nitrogen and oxygen atoms in total. The summed E-state index contributed by atoms with van der Waals surface area (Å²) in [5, 5.41) is 0. The summed E-state index contributed by atoms with van der Waals surface area (Å²) in [5.41, 5.74) is 7.75. The summed E-state index contributed by atoms with van der Waals surface area (Å²) in [6.07, 6.45) is 6.74. The molecule has 0 heterocycles. The van der Waals surface area contributed by atoms with Crippen molar-refractivity contribution in [1.82, 2.24) is 0 Å². The van der Waals surface area contributed by atoms with E-state index in [2.05, 4.69) is 60.2 Å². The average Bonchev–Trinajstić information content (AvgIpc) is 2.70. The van der Waals surface area contributed by atoms with Gasteiger partial charge in [0.1, 0.15) is 7.85 Å². The van der Waals surface area contributed by atoms with Crippen LogP contribution in [0.1, 0.15) is 43.2 Å². The molecule has 20 heavy (non-hydrogen) atoms. The van der Waals surface area contributed by atoms with Gasteiger partial charge in [-0.05, 0) is 47.2 Å². The zero-order chi connectivity index (χ0) is 13.7. The Hall–Kier alpha value is -1.02. The predicted octanol–water partition coefficient (Wildman–Crippen LogP) is 3.94. The van der Waals surface area contributed by atoms with Gasteiger partial charge in [0.25, 0.3) is 0 Å². The molecule has 0 aliphatic heterocycles. The fraction of sp³-hybridized carbons (Fsp3) is 0.333. The Labute approximate surface area is 130 Å². The summed E-state index contributed by atoms with van der Waals surface area (Å²) < 4.78 is 1.21. The van der Waals surface area contributed by atoms with Crippen molar-refractivity contribution in [2.45, 2.75) is 37.5 Å². The van der Waals surface area contributed by atoms with Crippen LogP contribution >= 0.6 is 15.9 Å². The van der Waals surface area contributed by atoms with Gasteiger partial charge in [-0.3, -0.25) is 0 Å². The van der Waals surface area contributed by atoms with Crippen molar-refractivity contribution in [3.8, 4) is 11.1 Å². The number of rotatable bonds is 0. The molecule has 0 aromatic heterocycles. The van der Waals surface area contributed by atoms with E-state index in [4.69, 9.17) is 0 Å². The standard InChI is InChI=1S/C18H18BBr/c19-12-4-7-16-15(10-12)14-6-5-13(20)11-17(14)18(16)8-2-1-3-9-18/h4-7,10-11H,1-3,8-9,19H2. The van der Waals surface area contributed by atoms with E-state index in [1.807, 2.05) is 0 Å². The zero-order valence-electron chi connectivity index (χ0n) is 11.9. The normalized spacial score (nSPS) is 18.9. The molecule has 2 aliphatic carbocycles. The van der Waals surface area contributed by atoms with Crippen LogP contribution in [0, 0.1) is 0 Å². The highest BCUT2D eigenvalue weighted by Crippen LogP contribution is 2.55. The van der Waals surface area contributed by atoms with E-state index in [0.717, 1.165) is 0 Å². The lowest BCUT2D eigenvalue weighted by atomic mass is 9.67. The number of halogens is 1. The van der Waals surface area contributed by atoms with Crippen molar-refractivity contribution in [2.75, 3.05) is 0 Å². The molecule has 2 heteroatoms. The third-order valence-electron chi connectivity index (χ3n) is 5.19. The molecule has 0 radical (unpaired) electrons. The number of benzene rings is 2. The highest BCUT2D eigenvalue weighted by atomic mass is 79.9. The molecule has 0 saturated heterocycles. The summed E-state index contributed by atoms with van der Waals surface area (Å²) in [7, 11) is 2.20. The molecule has 4 rings (SSSR count). The minimum atomic E-state index is 0.292. The van der Waals surface area contributed by atoms with Crippen molar-refractivity contribution in [3.05, 3.63) is 52.0 Å². The number of fused-ring (bicyclic) bond motifs is 5. The Balaban J connectivity index is 2.03. The van der Waals surface area contributed by atoms with Crippen molar-refractivity contribution in [1.29, 1.82) is 0 Å². The van der Waals surface area contributed by atoms with Crippen LogP contribution in [0.15, 0.2) is 40.9 Å². The van der Waals surface area contributed by atoms with Gasteiger partial charge in [0, 0.05) is 9.89 Å². The third-order valence-corrected chi connectivity index (χ3v) is 5.68. The second-order valence-electron chi connectivity index (χ2n) is 6.38. The maximum atomic E-state index is 3.67. The average molecular weight is 325 g/mol. The lowest BCUT2D eigenvalue weighted by Crippen LogP contribution is -2.28. The molecule has 2 aromatic rings. The first-order chi connectivity index (χ1) is 9.71. The Kier molecular flexibility index (Phi) is 2.85. The smallest absolute Gasteiger partial charge is 0.0883 e. The summed E-state index contributed by atoms with van der Waals surface area (Å²) >= 11 is 3.67. The first kappa shape index (κ1) is 12.7. The van der Waals surface area contributed by atoms with Gasteiger partial charge in [-0.1, -0.05) is 64.9 Å². The van der Waals surface area contributed by atoms with Crippen molar-refractivity contribution < 1.29 is 0 Å². The van der Waals surface area contributed by atoms with E-state index in [9.17, 15) is 0 Å². The van der Waals surface area contributed by atoms with E-state index < -0.39 is 0 Å². The van der Waals surface area contributed by atoms with E-state index in [1.54, 1.807) is 11.1 Å². The molecule has 1 spiro atoms. The topological polar surface area (TPSA) is 0 Å². The second kappa shape index (κ2) is 4.49. The fourth-order valence-corrected chi connectivity index (χ4v) is 4.65. The highest BCUT2D eigenvalue weighted by molar-refractivity contribution is 9.10. The Morgan fingerprint density at radius 3 is 2.45 bits per heavy atom. The van der Waals surface area contributed by atoms with Gasteiger partial charge in [0.2, 0.25) is 0 Å². The summed E-state index contributed by atoms with van der Waals surface area (Å²) in [5.74, 6) is 0. The maximum absolute atomic E-state index is 3.67. The largest absolute Gasteiger partial charge is 0.139 e. The first-order valence-corrected chi connectivity index (χ1v) is 8.42. The van der Waals surface area contributed by atoms with Crippen LogP contribution < -0.4 is 5.46 Å². The van der Waals surface area contributed by atoms with Gasteiger partial charge in [0.15, 0.2) is 0 Å². The van der Waals surface area contributed by atoms with Gasteiger partial charge in [-0.25, -0.2) is 0 Å². The van der Waals surface area contributed by atoms with Crippen LogP contribution in [-0.2, 0) is 5.41 Å². The fourth-order valence-electron chi connectivity index (χ4n) is 4.28. The Morgan fingerprint density at radius 2 is 1.65 bits per heavy atom. The monoisotopic (exact) mass is 324 g/mol. The SMILES string of the molecule is Bc1ccc2c(c1)-c1ccc(Br)cc1C21CCCCC1. The molecule has 0 N–H and O–H groups in total. The zero-order valence-corrected chi connectivity index (χ0v) is 13.5. The summed E-state index contributed by atoms with van der Waals surface area (Å²) in [6.45, 7) is 0. The first-order valence-electron chi connectivity index (χ1n) is 7.62. The predicted molar refractivity (Wildman–Crippen MR) is 91.6 cm³/mol. The van der Waals surface area contributed by atoms with E-state index in [-0.39, 0.29) is 0 Å². The van der Waals surface area contributed by atoms with Crippen molar-refractivity contribution in [3.63, 3.8) is 0 Å². The van der Waals surface area contributed by atoms with E-state index >= 15 is 0 Å². The molecule has 100 valence electrons. The third kappa shape index (κ3) is 1.67. The highest BCUT2D eigenvalue weighted by Gasteiger charge is 2.43. The van der Waals surface area contributed by atoms with Crippen LogP contribution in [-0.4, -0.2) is 7.85 Å². The van der Waals surface area contributed by atoms with Crippen LogP contribution in [0.25, 0.3) is 11.1 Å². The van der Waals surface area contributed by atoms with Crippen LogP contribution in [0.3, 0.4) is 0 Å². The Bertz CT molecular complexity index is 684. The number of hydrogen-bond acceptors (Lipinski definition) is 0. The van der Waals surface area contributed by atoms with E-state index in [0.29, 0.717) is 5.41 Å². The molecule has 1 saturated carbocycles. The molecule has 0 amide bonds. The second-order valence-corrected chi connectivity index (χ2v) is 7.30. The van der Waals surface area contributed by atoms with Crippen LogP contribution in [0.2, 0.25) is 0 Å². The quantitative estimate of drug-likeness (QED) is 0.644. The van der Waals surface area contributed by atoms with Gasteiger partial charge in [0.05, 0.1) is 0 Å². The lowest BCUT2D eigenvalue weighted by molar-refractivity contribution is 0.353. The molecular weight excluding hydrogens is 307 g/mol. The number of hydrogen-bond donors (Lipinski definition) is 0. The minimum Gasteiger partial charge on any atom is -0.0883 e. The molecular formula is C18H18BBr. The minimum absolute atomic E-state index is 0.292. The van der Waals surface area contributed by atoms with Crippen LogP contribution in [0.4, 0.5) is 0 Å². The molecule has 1 fully saturated rings. The van der Waals surface area contributed by atoms with Gasteiger partial charge in [-0.2, -0.15) is 0 Å². The van der Waals surface area contributed by atoms with Crippen molar-refractivity contribution in [2.24, 2.45) is 0 Å². The summed E-state index contributed by atoms with van der Waals surface area (Å²) in [4.78, 5) is 0. The molecule has 0 bridgehead atoms. The van der Waals surface area contributed by atoms with Gasteiger partial charge < -0.3 is 0 Å². The molecule has 0 unspecified atom stereocenters. The molecule has 2 aromatic carbocycles. The molecule has 0 atom stereocenters. The maximum Gasteiger partial charge on any atom is 0.139 e. The lowest BCUT2D eigenvalue weighted by Gasteiger charge is -2.36. The van der Waals surface area contributed by atoms with Gasteiger partial charge >= 0.3 is 0 Å². The molecule has 2 aliphatic rings.